The normalized spacial score (nSPS) is 10.9. The van der Waals surface area contributed by atoms with E-state index < -0.39 is 0 Å². The summed E-state index contributed by atoms with van der Waals surface area (Å²) in [6.07, 6.45) is 3.28. The second kappa shape index (κ2) is 7.55. The zero-order chi connectivity index (χ0) is 18.0. The number of benzene rings is 1. The largest absolute Gasteiger partial charge is 0.292 e. The van der Waals surface area contributed by atoms with Crippen LogP contribution in [0, 0.1) is 6.92 Å². The molecule has 10 heteroatoms. The van der Waals surface area contributed by atoms with Crippen LogP contribution in [0.25, 0.3) is 0 Å². The number of carbonyl (C=O) groups excluding carboxylic acids is 1. The number of amides is 1. The maximum absolute atomic E-state index is 12.0. The lowest BCUT2D eigenvalue weighted by molar-refractivity contribution is -0.116. The first kappa shape index (κ1) is 17.9. The number of hydrogen-bond acceptors (Lipinski definition) is 4. The van der Waals surface area contributed by atoms with Crippen LogP contribution in [0.2, 0.25) is 10.0 Å². The lowest BCUT2D eigenvalue weighted by Crippen LogP contribution is -2.20. The molecule has 0 saturated heterocycles. The van der Waals surface area contributed by atoms with Crippen molar-refractivity contribution in [1.29, 1.82) is 0 Å². The minimum Gasteiger partial charge on any atom is -0.292 e. The molecule has 0 bridgehead atoms. The van der Waals surface area contributed by atoms with E-state index in [4.69, 9.17) is 23.2 Å². The molecule has 0 aliphatic rings. The number of hydrogen-bond donors (Lipinski definition) is 1. The molecule has 0 unspecified atom stereocenters. The summed E-state index contributed by atoms with van der Waals surface area (Å²) in [5.41, 5.74) is 1.74. The van der Waals surface area contributed by atoms with Gasteiger partial charge in [-0.15, -0.1) is 5.10 Å². The van der Waals surface area contributed by atoms with Crippen LogP contribution in [0.4, 0.5) is 5.95 Å². The molecule has 2 aromatic heterocycles. The van der Waals surface area contributed by atoms with Gasteiger partial charge in [0.1, 0.15) is 12.9 Å². The van der Waals surface area contributed by atoms with Gasteiger partial charge in [-0.3, -0.25) is 14.8 Å². The summed E-state index contributed by atoms with van der Waals surface area (Å²) in [5.74, 6) is -0.0321. The molecule has 3 aromatic rings. The summed E-state index contributed by atoms with van der Waals surface area (Å²) < 4.78 is 4.00. The minimum absolute atomic E-state index is 0.0772. The summed E-state index contributed by atoms with van der Waals surface area (Å²) in [6, 6.07) is 5.34. The highest BCUT2D eigenvalue weighted by Crippen LogP contribution is 2.22. The third kappa shape index (κ3) is 4.59. The monoisotopic (exact) mass is 442 g/mol. The third-order valence-corrected chi connectivity index (χ3v) is 4.83. The fourth-order valence-corrected chi connectivity index (χ4v) is 2.78. The zero-order valence-electron chi connectivity index (χ0n) is 13.1. The Labute approximate surface area is 162 Å². The van der Waals surface area contributed by atoms with E-state index >= 15 is 0 Å². The molecule has 0 aliphatic carbocycles. The number of anilines is 1. The van der Waals surface area contributed by atoms with Crippen molar-refractivity contribution < 1.29 is 4.79 Å². The van der Waals surface area contributed by atoms with Crippen LogP contribution in [-0.4, -0.2) is 30.5 Å². The Bertz CT molecular complexity index is 903. The molecule has 3 rings (SSSR count). The number of aryl methyl sites for hydroxylation is 1. The van der Waals surface area contributed by atoms with Crippen molar-refractivity contribution in [2.24, 2.45) is 0 Å². The Hall–Kier alpha value is -1.90. The molecule has 0 fully saturated rings. The number of nitrogens with one attached hydrogen (secondary N) is 1. The van der Waals surface area contributed by atoms with E-state index in [9.17, 15) is 4.79 Å². The highest BCUT2D eigenvalue weighted by atomic mass is 79.9. The average molecular weight is 444 g/mol. The van der Waals surface area contributed by atoms with Crippen LogP contribution in [0.3, 0.4) is 0 Å². The Morgan fingerprint density at radius 3 is 2.72 bits per heavy atom. The van der Waals surface area contributed by atoms with Gasteiger partial charge in [-0.25, -0.2) is 9.67 Å². The van der Waals surface area contributed by atoms with Gasteiger partial charge in [-0.2, -0.15) is 5.10 Å². The van der Waals surface area contributed by atoms with Gasteiger partial charge < -0.3 is 0 Å². The minimum atomic E-state index is -0.262. The molecule has 0 saturated carbocycles. The number of nitrogens with zero attached hydrogens (tertiary/aromatic N) is 5. The highest BCUT2D eigenvalue weighted by molar-refractivity contribution is 9.10. The van der Waals surface area contributed by atoms with E-state index in [1.807, 2.05) is 13.0 Å². The second-order valence-electron chi connectivity index (χ2n) is 5.32. The molecule has 0 atom stereocenters. The smallest absolute Gasteiger partial charge is 0.248 e. The maximum Gasteiger partial charge on any atom is 0.248 e. The van der Waals surface area contributed by atoms with Crippen molar-refractivity contribution in [2.45, 2.75) is 20.0 Å². The molecule has 0 aliphatic heterocycles. The lowest BCUT2D eigenvalue weighted by Gasteiger charge is -2.03. The first-order valence-corrected chi connectivity index (χ1v) is 8.78. The van der Waals surface area contributed by atoms with Gasteiger partial charge in [-0.1, -0.05) is 29.3 Å². The molecule has 7 nitrogen and oxygen atoms in total. The third-order valence-electron chi connectivity index (χ3n) is 3.31. The van der Waals surface area contributed by atoms with Crippen LogP contribution in [-0.2, 0) is 17.9 Å². The molecular formula is C15H13BrCl2N6O. The predicted octanol–water partition coefficient (Wildman–Crippen LogP) is 3.54. The number of aromatic nitrogens is 5. The topological polar surface area (TPSA) is 77.6 Å². The summed E-state index contributed by atoms with van der Waals surface area (Å²) in [4.78, 5) is 16.1. The fraction of sp³-hybridized carbons (Fsp3) is 0.200. The van der Waals surface area contributed by atoms with Gasteiger partial charge in [0.2, 0.25) is 11.9 Å². The van der Waals surface area contributed by atoms with Gasteiger partial charge in [-0.05, 0) is 40.5 Å². The van der Waals surface area contributed by atoms with E-state index in [0.29, 0.717) is 16.6 Å². The van der Waals surface area contributed by atoms with Gasteiger partial charge in [0.05, 0.1) is 26.8 Å². The number of carbonyl (C=O) groups is 1. The average Bonchev–Trinajstić information content (AvgIpc) is 3.09. The molecule has 25 heavy (non-hydrogen) atoms. The van der Waals surface area contributed by atoms with Crippen LogP contribution < -0.4 is 5.32 Å². The zero-order valence-corrected chi connectivity index (χ0v) is 16.2. The van der Waals surface area contributed by atoms with E-state index in [1.54, 1.807) is 27.7 Å². The predicted molar refractivity (Wildman–Crippen MR) is 98.9 cm³/mol. The van der Waals surface area contributed by atoms with Crippen molar-refractivity contribution in [1.82, 2.24) is 24.5 Å². The number of halogens is 3. The maximum atomic E-state index is 12.0. The quantitative estimate of drug-likeness (QED) is 0.654. The Kier molecular flexibility index (Phi) is 5.41. The van der Waals surface area contributed by atoms with E-state index in [1.165, 1.54) is 6.33 Å². The standard InChI is InChI=1S/C15H13BrCl2N6O/c1-9-11(16)6-23(21-9)7-14(25)20-15-19-8-24(22-15)5-10-2-3-12(17)13(18)4-10/h2-4,6,8H,5,7H2,1H3,(H,20,22,25). The lowest BCUT2D eigenvalue weighted by atomic mass is 10.2. The molecular weight excluding hydrogens is 431 g/mol. The van der Waals surface area contributed by atoms with Crippen molar-refractivity contribution in [2.75, 3.05) is 5.32 Å². The van der Waals surface area contributed by atoms with Crippen molar-refractivity contribution in [3.05, 3.63) is 56.5 Å². The molecule has 0 spiro atoms. The van der Waals surface area contributed by atoms with E-state index in [0.717, 1.165) is 15.7 Å². The molecule has 130 valence electrons. The van der Waals surface area contributed by atoms with Crippen molar-refractivity contribution in [3.63, 3.8) is 0 Å². The molecule has 1 N–H and O–H groups in total. The van der Waals surface area contributed by atoms with E-state index in [2.05, 4.69) is 36.4 Å². The van der Waals surface area contributed by atoms with Gasteiger partial charge in [0.15, 0.2) is 0 Å². The number of rotatable bonds is 5. The summed E-state index contributed by atoms with van der Waals surface area (Å²) in [5, 5.41) is 12.0. The molecule has 0 radical (unpaired) electrons. The summed E-state index contributed by atoms with van der Waals surface area (Å²) in [7, 11) is 0. The Morgan fingerprint density at radius 2 is 2.04 bits per heavy atom. The first-order valence-electron chi connectivity index (χ1n) is 7.23. The van der Waals surface area contributed by atoms with Gasteiger partial charge in [0.25, 0.3) is 0 Å². The van der Waals surface area contributed by atoms with Crippen LogP contribution in [0.1, 0.15) is 11.3 Å². The van der Waals surface area contributed by atoms with Crippen LogP contribution >= 0.6 is 39.1 Å². The highest BCUT2D eigenvalue weighted by Gasteiger charge is 2.10. The second-order valence-corrected chi connectivity index (χ2v) is 6.99. The molecule has 1 aromatic carbocycles. The Balaban J connectivity index is 1.61. The molecule has 1 amide bonds. The van der Waals surface area contributed by atoms with E-state index in [-0.39, 0.29) is 18.4 Å². The van der Waals surface area contributed by atoms with Crippen LogP contribution in [0.15, 0.2) is 35.2 Å². The van der Waals surface area contributed by atoms with Crippen LogP contribution in [0.5, 0.6) is 0 Å². The van der Waals surface area contributed by atoms with Gasteiger partial charge >= 0.3 is 0 Å². The summed E-state index contributed by atoms with van der Waals surface area (Å²) in [6.45, 7) is 2.39. The van der Waals surface area contributed by atoms with Crippen molar-refractivity contribution in [3.8, 4) is 0 Å². The molecule has 2 heterocycles. The fourth-order valence-electron chi connectivity index (χ4n) is 2.14. The van der Waals surface area contributed by atoms with Gasteiger partial charge in [0, 0.05) is 6.20 Å². The Morgan fingerprint density at radius 1 is 1.24 bits per heavy atom. The SMILES string of the molecule is Cc1nn(CC(=O)Nc2ncn(Cc3ccc(Cl)c(Cl)c3)n2)cc1Br. The first-order chi connectivity index (χ1) is 11.9. The summed E-state index contributed by atoms with van der Waals surface area (Å²) >= 11 is 15.3. The van der Waals surface area contributed by atoms with Crippen molar-refractivity contribution >= 4 is 51.0 Å².